The van der Waals surface area contributed by atoms with E-state index in [9.17, 15) is 14.4 Å². The lowest BCUT2D eigenvalue weighted by molar-refractivity contribution is -0.134. The van der Waals surface area contributed by atoms with Crippen LogP contribution in [0.5, 0.6) is 0 Å². The highest BCUT2D eigenvalue weighted by atomic mass is 16.2. The van der Waals surface area contributed by atoms with Crippen LogP contribution in [-0.4, -0.2) is 52.9 Å². The van der Waals surface area contributed by atoms with E-state index in [2.05, 4.69) is 15.5 Å². The Morgan fingerprint density at radius 2 is 1.82 bits per heavy atom. The Morgan fingerprint density at radius 1 is 1.14 bits per heavy atom. The highest BCUT2D eigenvalue weighted by Gasteiger charge is 2.56. The maximum absolute atomic E-state index is 12.7. The van der Waals surface area contributed by atoms with Gasteiger partial charge in [0.25, 0.3) is 5.91 Å². The first-order valence-electron chi connectivity index (χ1n) is 10.2. The molecule has 2 heterocycles. The van der Waals surface area contributed by atoms with Gasteiger partial charge in [0.05, 0.1) is 6.67 Å². The van der Waals surface area contributed by atoms with Crippen LogP contribution in [0.1, 0.15) is 38.2 Å². The highest BCUT2D eigenvalue weighted by Crippen LogP contribution is 2.42. The molecule has 28 heavy (non-hydrogen) atoms. The molecule has 2 N–H and O–H groups in total. The van der Waals surface area contributed by atoms with Crippen molar-refractivity contribution in [2.75, 3.05) is 19.8 Å². The average molecular weight is 384 g/mol. The molecule has 7 heteroatoms. The van der Waals surface area contributed by atoms with Gasteiger partial charge < -0.3 is 10.6 Å². The van der Waals surface area contributed by atoms with E-state index in [0.29, 0.717) is 26.3 Å². The van der Waals surface area contributed by atoms with Gasteiger partial charge in [-0.2, -0.15) is 0 Å². The molecule has 7 nitrogen and oxygen atoms in total. The Balaban J connectivity index is 1.25. The highest BCUT2D eigenvalue weighted by molar-refractivity contribution is 6.07. The smallest absolute Gasteiger partial charge is 0.326 e. The quantitative estimate of drug-likeness (QED) is 0.732. The van der Waals surface area contributed by atoms with Crippen LogP contribution in [0.4, 0.5) is 4.79 Å². The zero-order valence-electron chi connectivity index (χ0n) is 16.3. The summed E-state index contributed by atoms with van der Waals surface area (Å²) < 4.78 is 0. The number of nitrogens with one attached hydrogen (secondary N) is 2. The van der Waals surface area contributed by atoms with Gasteiger partial charge in [-0.1, -0.05) is 30.3 Å². The van der Waals surface area contributed by atoms with E-state index < -0.39 is 5.54 Å². The Hall–Kier alpha value is -2.41. The molecule has 1 unspecified atom stereocenters. The van der Waals surface area contributed by atoms with E-state index in [1.54, 1.807) is 0 Å². The summed E-state index contributed by atoms with van der Waals surface area (Å²) in [6.45, 7) is 4.11. The zero-order chi connectivity index (χ0) is 19.7. The molecule has 0 bridgehead atoms. The summed E-state index contributed by atoms with van der Waals surface area (Å²) in [4.78, 5) is 40.9. The van der Waals surface area contributed by atoms with Crippen LogP contribution >= 0.6 is 0 Å². The monoisotopic (exact) mass is 384 g/mol. The van der Waals surface area contributed by atoms with E-state index in [1.165, 1.54) is 4.90 Å². The van der Waals surface area contributed by atoms with Crippen molar-refractivity contribution in [1.29, 1.82) is 0 Å². The lowest BCUT2D eigenvalue weighted by Gasteiger charge is -2.33. The average Bonchev–Trinajstić information content (AvgIpc) is 3.53. The number of carbonyl (C=O) groups is 3. The molecule has 150 valence electrons. The van der Waals surface area contributed by atoms with Crippen LogP contribution in [-0.2, 0) is 16.1 Å². The zero-order valence-corrected chi connectivity index (χ0v) is 16.3. The lowest BCUT2D eigenvalue weighted by Crippen LogP contribution is -2.49. The van der Waals surface area contributed by atoms with Gasteiger partial charge in [-0.25, -0.2) is 9.69 Å². The molecular weight excluding hydrogens is 356 g/mol. The van der Waals surface area contributed by atoms with Crippen molar-refractivity contribution in [2.45, 2.75) is 44.7 Å². The second-order valence-electron chi connectivity index (χ2n) is 8.38. The molecule has 0 aromatic heterocycles. The number of urea groups is 1. The minimum Gasteiger partial charge on any atom is -0.352 e. The number of nitrogens with zero attached hydrogens (tertiary/aromatic N) is 2. The first kappa shape index (κ1) is 18.9. The minimum absolute atomic E-state index is 0.0141. The van der Waals surface area contributed by atoms with Crippen molar-refractivity contribution in [3.8, 4) is 0 Å². The van der Waals surface area contributed by atoms with E-state index >= 15 is 0 Å². The Kier molecular flexibility index (Phi) is 5.10. The molecule has 2 aliphatic heterocycles. The molecule has 4 amide bonds. The Bertz CT molecular complexity index is 756. The number of hydrogen-bond donors (Lipinski definition) is 2. The van der Waals surface area contributed by atoms with Crippen molar-refractivity contribution in [3.05, 3.63) is 35.9 Å². The van der Waals surface area contributed by atoms with E-state index in [4.69, 9.17) is 0 Å². The van der Waals surface area contributed by atoms with E-state index in [-0.39, 0.29) is 29.7 Å². The van der Waals surface area contributed by atoms with Crippen molar-refractivity contribution in [2.24, 2.45) is 11.8 Å². The largest absolute Gasteiger partial charge is 0.352 e. The summed E-state index contributed by atoms with van der Waals surface area (Å²) in [5.41, 5.74) is 0.359. The molecule has 0 radical (unpaired) electrons. The molecule has 1 atom stereocenters. The SMILES string of the molecule is CC1(C2CC2)NC(=O)N(CN2CCC(C(=O)NCc3ccccc3)CC2)C1=O. The maximum atomic E-state index is 12.7. The van der Waals surface area contributed by atoms with Crippen LogP contribution in [0.2, 0.25) is 0 Å². The van der Waals surface area contributed by atoms with Crippen molar-refractivity contribution >= 4 is 17.8 Å². The molecule has 3 aliphatic rings. The van der Waals surface area contributed by atoms with Crippen molar-refractivity contribution in [1.82, 2.24) is 20.4 Å². The fourth-order valence-corrected chi connectivity index (χ4v) is 4.25. The standard InChI is InChI=1S/C21H28N4O3/c1-21(17-7-8-17)19(27)25(20(28)23-21)14-24-11-9-16(10-12-24)18(26)22-13-15-5-3-2-4-6-15/h2-6,16-17H,7-14H2,1H3,(H,22,26)(H,23,28). The van der Waals surface area contributed by atoms with Crippen LogP contribution < -0.4 is 10.6 Å². The number of piperidine rings is 1. The van der Waals surface area contributed by atoms with E-state index in [1.807, 2.05) is 37.3 Å². The number of carbonyl (C=O) groups excluding carboxylic acids is 3. The number of benzene rings is 1. The van der Waals surface area contributed by atoms with Gasteiger partial charge in [0.2, 0.25) is 5.91 Å². The summed E-state index contributed by atoms with van der Waals surface area (Å²) in [5.74, 6) is 0.232. The summed E-state index contributed by atoms with van der Waals surface area (Å²) in [7, 11) is 0. The fourth-order valence-electron chi connectivity index (χ4n) is 4.25. The van der Waals surface area contributed by atoms with Crippen LogP contribution in [0.3, 0.4) is 0 Å². The van der Waals surface area contributed by atoms with Gasteiger partial charge in [0, 0.05) is 25.6 Å². The third-order valence-electron chi connectivity index (χ3n) is 6.30. The first-order valence-corrected chi connectivity index (χ1v) is 10.2. The third kappa shape index (κ3) is 3.76. The van der Waals surface area contributed by atoms with Crippen LogP contribution in [0, 0.1) is 11.8 Å². The molecule has 1 aromatic rings. The number of rotatable bonds is 6. The van der Waals surface area contributed by atoms with Crippen molar-refractivity contribution < 1.29 is 14.4 Å². The normalized spacial score (nSPS) is 26.4. The predicted molar refractivity (Wildman–Crippen MR) is 104 cm³/mol. The Labute approximate surface area is 165 Å². The number of amides is 4. The summed E-state index contributed by atoms with van der Waals surface area (Å²) in [5, 5.41) is 5.90. The second-order valence-corrected chi connectivity index (χ2v) is 8.38. The van der Waals surface area contributed by atoms with Crippen molar-refractivity contribution in [3.63, 3.8) is 0 Å². The molecule has 1 aliphatic carbocycles. The van der Waals surface area contributed by atoms with Gasteiger partial charge in [-0.15, -0.1) is 0 Å². The third-order valence-corrected chi connectivity index (χ3v) is 6.30. The van der Waals surface area contributed by atoms with Crippen LogP contribution in [0.15, 0.2) is 30.3 Å². The van der Waals surface area contributed by atoms with Gasteiger partial charge >= 0.3 is 6.03 Å². The first-order chi connectivity index (χ1) is 13.5. The minimum atomic E-state index is -0.729. The fraction of sp³-hybridized carbons (Fsp3) is 0.571. The van der Waals surface area contributed by atoms with Gasteiger partial charge in [-0.05, 0) is 44.1 Å². The molecule has 3 fully saturated rings. The van der Waals surface area contributed by atoms with Gasteiger partial charge in [0.15, 0.2) is 0 Å². The molecule has 4 rings (SSSR count). The number of imide groups is 1. The summed E-state index contributed by atoms with van der Waals surface area (Å²) >= 11 is 0. The number of hydrogen-bond acceptors (Lipinski definition) is 4. The summed E-state index contributed by atoms with van der Waals surface area (Å²) in [6.07, 6.45) is 3.48. The predicted octanol–water partition coefficient (Wildman–Crippen LogP) is 1.69. The molecule has 1 saturated carbocycles. The van der Waals surface area contributed by atoms with E-state index in [0.717, 1.165) is 31.2 Å². The van der Waals surface area contributed by atoms with Crippen LogP contribution in [0.25, 0.3) is 0 Å². The Morgan fingerprint density at radius 3 is 2.46 bits per heavy atom. The lowest BCUT2D eigenvalue weighted by atomic mass is 9.95. The maximum Gasteiger partial charge on any atom is 0.326 e. The molecule has 1 aromatic carbocycles. The number of likely N-dealkylation sites (tertiary alicyclic amines) is 1. The summed E-state index contributed by atoms with van der Waals surface area (Å²) in [6, 6.07) is 9.59. The second kappa shape index (κ2) is 7.54. The molecule has 0 spiro atoms. The van der Waals surface area contributed by atoms with Gasteiger partial charge in [-0.3, -0.25) is 14.5 Å². The molecular formula is C21H28N4O3. The van der Waals surface area contributed by atoms with Gasteiger partial charge in [0.1, 0.15) is 5.54 Å². The molecule has 2 saturated heterocycles. The topological polar surface area (TPSA) is 81.8 Å².